The minimum absolute atomic E-state index is 0.110. The number of benzene rings is 1. The number of nitrogens with one attached hydrogen (secondary N) is 1. The molecule has 2 heterocycles. The van der Waals surface area contributed by atoms with E-state index in [4.69, 9.17) is 19.9 Å². The molecule has 16 atom stereocenters. The zero-order valence-corrected chi connectivity index (χ0v) is 45.5. The minimum Gasteiger partial charge on any atom is -0.430 e. The van der Waals surface area contributed by atoms with Crippen molar-refractivity contribution in [2.24, 2.45) is 17.6 Å². The number of anilines is 1. The van der Waals surface area contributed by atoms with Gasteiger partial charge in [0.05, 0.1) is 79.9 Å². The quantitative estimate of drug-likeness (QED) is 0.0901. The van der Waals surface area contributed by atoms with Crippen molar-refractivity contribution in [1.29, 1.82) is 0 Å². The summed E-state index contributed by atoms with van der Waals surface area (Å²) in [6.07, 6.45) is 4.93. The zero-order chi connectivity index (χ0) is 57.9. The van der Waals surface area contributed by atoms with Gasteiger partial charge in [0.25, 0.3) is 0 Å². The van der Waals surface area contributed by atoms with E-state index >= 15 is 0 Å². The van der Waals surface area contributed by atoms with E-state index in [0.717, 1.165) is 5.69 Å². The van der Waals surface area contributed by atoms with E-state index < -0.39 is 141 Å². The summed E-state index contributed by atoms with van der Waals surface area (Å²) in [4.78, 5) is 51.8. The fraction of sp³-hybridized carbons (Fsp3) is 0.559. The summed E-state index contributed by atoms with van der Waals surface area (Å²) >= 11 is 0. The molecule has 13 N–H and O–H groups in total. The Hall–Kier alpha value is -5.10. The molecule has 2 aliphatic heterocycles. The Morgan fingerprint density at radius 2 is 1.19 bits per heavy atom. The van der Waals surface area contributed by atoms with Crippen molar-refractivity contribution < 1.29 is 84.5 Å². The number of carbonyl (C=O) groups is 4. The smallest absolute Gasteiger partial charge is 0.313 e. The van der Waals surface area contributed by atoms with Crippen molar-refractivity contribution in [1.82, 2.24) is 0 Å². The molecule has 19 nitrogen and oxygen atoms in total. The topological polar surface area (TPSA) is 336 Å². The third-order valence-corrected chi connectivity index (χ3v) is 13.6. The van der Waals surface area contributed by atoms with Crippen molar-refractivity contribution in [2.45, 2.75) is 190 Å². The zero-order valence-electron chi connectivity index (χ0n) is 45.5. The number of Topliss-reactive ketones (excluding diaryl/α,β-unsaturated/α-hetero) is 3. The van der Waals surface area contributed by atoms with Crippen molar-refractivity contribution in [3.8, 4) is 0 Å². The molecule has 0 radical (unpaired) electrons. The average Bonchev–Trinajstić information content (AvgIpc) is 3.38. The molecule has 1 saturated heterocycles. The molecule has 0 aromatic heterocycles. The SMILES string of the molecule is CNc1ccc(C(=O)CC(O)CCC(C)C2=C(C)C=CC=CC=CC=CC=CC=CC=CC(OC3OC(C)C(N)C(O)C3O)CC(O)C(C)C(O)CC(=O)CC(=O)CC(O)CC(O)CC(O)CC(O)CC(O)CC(=O)O2)cc1. The molecular formula is C59H86N2O17. The first-order valence-corrected chi connectivity index (χ1v) is 26.8. The van der Waals surface area contributed by atoms with Crippen LogP contribution in [0.1, 0.15) is 115 Å². The fourth-order valence-electron chi connectivity index (χ4n) is 8.85. The van der Waals surface area contributed by atoms with Crippen LogP contribution in [0.25, 0.3) is 0 Å². The summed E-state index contributed by atoms with van der Waals surface area (Å²) in [6, 6.07) is 6.02. The molecule has 1 aromatic rings. The molecule has 2 aliphatic rings. The molecule has 0 bridgehead atoms. The van der Waals surface area contributed by atoms with Crippen LogP contribution in [-0.4, -0.2) is 167 Å². The van der Waals surface area contributed by atoms with Crippen LogP contribution in [0, 0.1) is 11.8 Å². The van der Waals surface area contributed by atoms with Crippen molar-refractivity contribution in [3.05, 3.63) is 126 Å². The maximum atomic E-state index is 13.3. The van der Waals surface area contributed by atoms with Crippen LogP contribution in [0.5, 0.6) is 0 Å². The maximum Gasteiger partial charge on any atom is 0.313 e. The highest BCUT2D eigenvalue weighted by Crippen LogP contribution is 2.28. The number of nitrogens with two attached hydrogens (primary N) is 1. The number of hydrogen-bond acceptors (Lipinski definition) is 19. The van der Waals surface area contributed by atoms with E-state index in [-0.39, 0.29) is 56.5 Å². The average molecular weight is 1100 g/mol. The van der Waals surface area contributed by atoms with Gasteiger partial charge in [0.1, 0.15) is 29.5 Å². The van der Waals surface area contributed by atoms with Crippen LogP contribution < -0.4 is 11.1 Å². The van der Waals surface area contributed by atoms with E-state index in [0.29, 0.717) is 17.6 Å². The van der Waals surface area contributed by atoms with Gasteiger partial charge in [0, 0.05) is 55.8 Å². The van der Waals surface area contributed by atoms with Crippen molar-refractivity contribution in [2.75, 3.05) is 12.4 Å². The Morgan fingerprint density at radius 3 is 1.76 bits per heavy atom. The Bertz CT molecular complexity index is 2260. The number of rotatable bonds is 10. The molecule has 0 amide bonds. The van der Waals surface area contributed by atoms with Gasteiger partial charge in [0.2, 0.25) is 0 Å². The van der Waals surface area contributed by atoms with Gasteiger partial charge < -0.3 is 76.3 Å². The summed E-state index contributed by atoms with van der Waals surface area (Å²) in [5.74, 6) is -3.43. The molecule has 1 aromatic carbocycles. The van der Waals surface area contributed by atoms with Gasteiger partial charge in [-0.1, -0.05) is 98.9 Å². The lowest BCUT2D eigenvalue weighted by molar-refractivity contribution is -0.279. The van der Waals surface area contributed by atoms with E-state index in [9.17, 15) is 70.2 Å². The maximum absolute atomic E-state index is 13.3. The highest BCUT2D eigenvalue weighted by Gasteiger charge is 2.42. The molecular weight excluding hydrogens is 1010 g/mol. The third-order valence-electron chi connectivity index (χ3n) is 13.6. The van der Waals surface area contributed by atoms with Crippen molar-refractivity contribution in [3.63, 3.8) is 0 Å². The van der Waals surface area contributed by atoms with Crippen LogP contribution >= 0.6 is 0 Å². The third kappa shape index (κ3) is 25.3. The first-order valence-electron chi connectivity index (χ1n) is 26.8. The first-order chi connectivity index (χ1) is 37.0. The lowest BCUT2D eigenvalue weighted by atomic mass is 9.89. The Balaban J connectivity index is 1.82. The highest BCUT2D eigenvalue weighted by molar-refractivity contribution is 5.99. The normalized spacial score (nSPS) is 31.8. The molecule has 434 valence electrons. The lowest BCUT2D eigenvalue weighted by Crippen LogP contribution is -2.61. The molecule has 1 fully saturated rings. The molecule has 0 saturated carbocycles. The molecule has 16 unspecified atom stereocenters. The van der Waals surface area contributed by atoms with Gasteiger partial charge in [-0.2, -0.15) is 0 Å². The second kappa shape index (κ2) is 35.5. The largest absolute Gasteiger partial charge is 0.430 e. The lowest BCUT2D eigenvalue weighted by Gasteiger charge is -2.41. The van der Waals surface area contributed by atoms with E-state index in [1.165, 1.54) is 6.92 Å². The number of aliphatic hydroxyl groups is 10. The molecule has 0 spiro atoms. The number of carbonyl (C=O) groups excluding carboxylic acids is 4. The standard InChI is InChI=1S/C59H86N2O17/c1-36-18-16-14-12-10-8-6-7-9-11-13-15-17-19-50(77-59-57(75)56(74)55(60)39(4)76-59)35-52(71)38(3)51(70)33-48(68)30-46(66)28-44(64)26-43(63)27-45(65)29-47(67)31-49(69)34-54(73)78-58(36)37(2)20-25-42(62)32-53(72)40-21-23-41(61-5)24-22-40/h6-19,21-24,37-39,42-45,47,49-52,55-57,59,61-65,67,69-71,74-75H,20,25-35,60H2,1-5H3. The van der Waals surface area contributed by atoms with Gasteiger partial charge in [0.15, 0.2) is 12.1 Å². The number of esters is 1. The van der Waals surface area contributed by atoms with E-state index in [1.807, 2.05) is 6.92 Å². The van der Waals surface area contributed by atoms with Gasteiger partial charge >= 0.3 is 5.97 Å². The van der Waals surface area contributed by atoms with Gasteiger partial charge in [-0.3, -0.25) is 19.2 Å². The second-order valence-electron chi connectivity index (χ2n) is 20.5. The summed E-state index contributed by atoms with van der Waals surface area (Å²) in [5, 5.41) is 110. The van der Waals surface area contributed by atoms with Crippen LogP contribution in [0.15, 0.2) is 121 Å². The fourth-order valence-corrected chi connectivity index (χ4v) is 8.85. The Kier molecular flexibility index (Phi) is 30.6. The Labute approximate surface area is 458 Å². The van der Waals surface area contributed by atoms with Crippen LogP contribution in [0.4, 0.5) is 5.69 Å². The predicted molar refractivity (Wildman–Crippen MR) is 294 cm³/mol. The molecule has 19 heteroatoms. The molecule has 3 rings (SSSR count). The van der Waals surface area contributed by atoms with Gasteiger partial charge in [-0.25, -0.2) is 0 Å². The number of ketones is 3. The summed E-state index contributed by atoms with van der Waals surface area (Å²) in [5.41, 5.74) is 7.83. The summed E-state index contributed by atoms with van der Waals surface area (Å²) in [7, 11) is 1.77. The second-order valence-corrected chi connectivity index (χ2v) is 20.5. The number of aliphatic hydroxyl groups excluding tert-OH is 10. The number of hydrogen-bond donors (Lipinski definition) is 12. The predicted octanol–water partition coefficient (Wildman–Crippen LogP) is 3.79. The summed E-state index contributed by atoms with van der Waals surface area (Å²) in [6.45, 7) is 6.67. The molecule has 0 aliphatic carbocycles. The number of ether oxygens (including phenoxy) is 3. The van der Waals surface area contributed by atoms with E-state index in [1.54, 1.807) is 130 Å². The molecule has 78 heavy (non-hydrogen) atoms. The van der Waals surface area contributed by atoms with Gasteiger partial charge in [-0.05, 0) is 82.2 Å². The van der Waals surface area contributed by atoms with E-state index in [2.05, 4.69) is 5.32 Å². The number of allylic oxidation sites excluding steroid dienone is 15. The first kappa shape index (κ1) is 67.2. The van der Waals surface area contributed by atoms with Crippen LogP contribution in [-0.2, 0) is 28.6 Å². The van der Waals surface area contributed by atoms with Crippen LogP contribution in [0.2, 0.25) is 0 Å². The highest BCUT2D eigenvalue weighted by atomic mass is 16.7. The monoisotopic (exact) mass is 1090 g/mol. The Morgan fingerprint density at radius 1 is 0.679 bits per heavy atom. The summed E-state index contributed by atoms with van der Waals surface area (Å²) < 4.78 is 17.6. The number of cyclic esters (lactones) is 1. The van der Waals surface area contributed by atoms with Crippen molar-refractivity contribution >= 4 is 29.0 Å². The minimum atomic E-state index is -1.51. The van der Waals surface area contributed by atoms with Gasteiger partial charge in [-0.15, -0.1) is 0 Å². The van der Waals surface area contributed by atoms with Crippen LogP contribution in [0.3, 0.4) is 0 Å².